The van der Waals surface area contributed by atoms with E-state index in [1.54, 1.807) is 0 Å². The van der Waals surface area contributed by atoms with Gasteiger partial charge in [0.1, 0.15) is 0 Å². The van der Waals surface area contributed by atoms with Crippen LogP contribution in [0.15, 0.2) is 30.9 Å². The monoisotopic (exact) mass is 429 g/mol. The minimum absolute atomic E-state index is 0.0185. The predicted octanol–water partition coefficient (Wildman–Crippen LogP) is 5.77. The topological polar surface area (TPSA) is 44.8 Å². The van der Waals surface area contributed by atoms with Gasteiger partial charge in [-0.2, -0.15) is 0 Å². The summed E-state index contributed by atoms with van der Waals surface area (Å²) in [5, 5.41) is 3.07. The maximum absolute atomic E-state index is 12.7. The van der Waals surface area contributed by atoms with Gasteiger partial charge in [0.2, 0.25) is 0 Å². The fourth-order valence-corrected chi connectivity index (χ4v) is 4.32. The second-order valence-corrected chi connectivity index (χ2v) is 9.13. The molecule has 2 amide bonds. The van der Waals surface area contributed by atoms with Crippen LogP contribution in [0.3, 0.4) is 0 Å². The summed E-state index contributed by atoms with van der Waals surface area (Å²) in [7, 11) is 4.06. The Kier molecular flexibility index (Phi) is 11.1. The number of carbonyl (C=O) groups excluding carboxylic acids is 1. The lowest BCUT2D eigenvalue weighted by Gasteiger charge is -2.34. The Morgan fingerprint density at radius 2 is 1.84 bits per heavy atom. The van der Waals surface area contributed by atoms with E-state index in [2.05, 4.69) is 36.8 Å². The van der Waals surface area contributed by atoms with Gasteiger partial charge < -0.3 is 19.9 Å². The number of hydrogen-bond acceptors (Lipinski definition) is 3. The van der Waals surface area contributed by atoms with Crippen molar-refractivity contribution in [2.24, 2.45) is 0 Å². The van der Waals surface area contributed by atoms with E-state index < -0.39 is 0 Å². The standard InChI is InChI=1S/C26H43N3O2/c1-6-17-28(4)18-9-7-8-10-19-31-24-14-12-23(13-15-24)29(5)26(30)27-25-16-11-21(2)20-22(25)3/h6,11,16,20,23-24H,1,7-10,12-15,17-19H2,2-5H3,(H,27,30). The molecule has 5 heteroatoms. The number of unbranched alkanes of at least 4 members (excludes halogenated alkanes) is 3. The molecule has 0 radical (unpaired) electrons. The summed E-state index contributed by atoms with van der Waals surface area (Å²) in [6, 6.07) is 6.39. The summed E-state index contributed by atoms with van der Waals surface area (Å²) in [4.78, 5) is 16.9. The number of aryl methyl sites for hydroxylation is 2. The molecule has 1 aromatic carbocycles. The van der Waals surface area contributed by atoms with Crippen LogP contribution in [0.1, 0.15) is 62.5 Å². The molecular weight excluding hydrogens is 386 g/mol. The Balaban J connectivity index is 1.59. The second-order valence-electron chi connectivity index (χ2n) is 9.13. The van der Waals surface area contributed by atoms with E-state index in [-0.39, 0.29) is 12.1 Å². The molecule has 0 spiro atoms. The van der Waals surface area contributed by atoms with Crippen LogP contribution in [-0.4, -0.2) is 61.8 Å². The third kappa shape index (κ3) is 9.04. The highest BCUT2D eigenvalue weighted by Gasteiger charge is 2.27. The Hall–Kier alpha value is -1.85. The van der Waals surface area contributed by atoms with Crippen molar-refractivity contribution in [3.8, 4) is 0 Å². The highest BCUT2D eigenvalue weighted by atomic mass is 16.5. The molecule has 31 heavy (non-hydrogen) atoms. The zero-order valence-corrected chi connectivity index (χ0v) is 20.2. The van der Waals surface area contributed by atoms with Gasteiger partial charge in [0.25, 0.3) is 0 Å². The van der Waals surface area contributed by atoms with Crippen molar-refractivity contribution in [1.29, 1.82) is 0 Å². The third-order valence-corrected chi connectivity index (χ3v) is 6.36. The smallest absolute Gasteiger partial charge is 0.321 e. The molecule has 174 valence electrons. The van der Waals surface area contributed by atoms with Crippen LogP contribution in [0.5, 0.6) is 0 Å². The van der Waals surface area contributed by atoms with Crippen molar-refractivity contribution in [3.05, 3.63) is 42.0 Å². The van der Waals surface area contributed by atoms with E-state index in [1.807, 2.05) is 37.1 Å². The summed E-state index contributed by atoms with van der Waals surface area (Å²) < 4.78 is 6.12. The lowest BCUT2D eigenvalue weighted by Crippen LogP contribution is -2.42. The highest BCUT2D eigenvalue weighted by molar-refractivity contribution is 5.90. The van der Waals surface area contributed by atoms with Gasteiger partial charge in [0.15, 0.2) is 0 Å². The van der Waals surface area contributed by atoms with Crippen molar-refractivity contribution < 1.29 is 9.53 Å². The fourth-order valence-electron chi connectivity index (χ4n) is 4.32. The lowest BCUT2D eigenvalue weighted by atomic mass is 9.92. The van der Waals surface area contributed by atoms with Crippen LogP contribution in [-0.2, 0) is 4.74 Å². The molecule has 2 rings (SSSR count). The Morgan fingerprint density at radius 1 is 1.13 bits per heavy atom. The number of amides is 2. The molecule has 0 heterocycles. The molecule has 1 fully saturated rings. The Morgan fingerprint density at radius 3 is 2.52 bits per heavy atom. The zero-order valence-electron chi connectivity index (χ0n) is 20.2. The maximum atomic E-state index is 12.7. The fraction of sp³-hybridized carbons (Fsp3) is 0.654. The summed E-state index contributed by atoms with van der Waals surface area (Å²) in [5.41, 5.74) is 3.20. The van der Waals surface area contributed by atoms with Crippen LogP contribution in [0.25, 0.3) is 0 Å². The van der Waals surface area contributed by atoms with Gasteiger partial charge in [-0.15, -0.1) is 6.58 Å². The molecule has 0 unspecified atom stereocenters. The van der Waals surface area contributed by atoms with Gasteiger partial charge in [-0.05, 0) is 77.6 Å². The number of nitrogens with one attached hydrogen (secondary N) is 1. The zero-order chi connectivity index (χ0) is 22.6. The van der Waals surface area contributed by atoms with E-state index >= 15 is 0 Å². The number of urea groups is 1. The maximum Gasteiger partial charge on any atom is 0.321 e. The van der Waals surface area contributed by atoms with E-state index in [0.717, 1.165) is 63.1 Å². The predicted molar refractivity (Wildman–Crippen MR) is 131 cm³/mol. The SMILES string of the molecule is C=CCN(C)CCCCCCOC1CCC(N(C)C(=O)Nc2ccc(C)cc2C)CC1. The first kappa shape index (κ1) is 25.4. The molecule has 1 aliphatic carbocycles. The second kappa shape index (κ2) is 13.5. The minimum Gasteiger partial charge on any atom is -0.378 e. The quantitative estimate of drug-likeness (QED) is 0.339. The number of carbonyl (C=O) groups is 1. The first-order valence-corrected chi connectivity index (χ1v) is 11.9. The molecule has 5 nitrogen and oxygen atoms in total. The third-order valence-electron chi connectivity index (χ3n) is 6.36. The number of ether oxygens (including phenoxy) is 1. The van der Waals surface area contributed by atoms with Gasteiger partial charge in [-0.1, -0.05) is 36.6 Å². The first-order valence-electron chi connectivity index (χ1n) is 11.9. The largest absolute Gasteiger partial charge is 0.378 e. The molecule has 1 N–H and O–H groups in total. The molecular formula is C26H43N3O2. The van der Waals surface area contributed by atoms with E-state index in [0.29, 0.717) is 6.10 Å². The van der Waals surface area contributed by atoms with Gasteiger partial charge in [-0.25, -0.2) is 4.79 Å². The number of rotatable bonds is 12. The van der Waals surface area contributed by atoms with E-state index in [1.165, 1.54) is 24.8 Å². The van der Waals surface area contributed by atoms with Crippen molar-refractivity contribution >= 4 is 11.7 Å². The van der Waals surface area contributed by atoms with Gasteiger partial charge in [-0.3, -0.25) is 0 Å². The van der Waals surface area contributed by atoms with Crippen molar-refractivity contribution in [1.82, 2.24) is 9.80 Å². The number of anilines is 1. The van der Waals surface area contributed by atoms with Crippen LogP contribution in [0.2, 0.25) is 0 Å². The average Bonchev–Trinajstić information content (AvgIpc) is 2.75. The number of hydrogen-bond donors (Lipinski definition) is 1. The van der Waals surface area contributed by atoms with Crippen LogP contribution in [0, 0.1) is 13.8 Å². The minimum atomic E-state index is -0.0185. The van der Waals surface area contributed by atoms with Crippen LogP contribution >= 0.6 is 0 Å². The van der Waals surface area contributed by atoms with Crippen molar-refractivity contribution in [2.45, 2.75) is 77.4 Å². The summed E-state index contributed by atoms with van der Waals surface area (Å²) in [6.07, 6.45) is 11.3. The molecule has 0 atom stereocenters. The van der Waals surface area contributed by atoms with E-state index in [9.17, 15) is 4.79 Å². The lowest BCUT2D eigenvalue weighted by molar-refractivity contribution is 0.0130. The Bertz CT molecular complexity index is 683. The van der Waals surface area contributed by atoms with E-state index in [4.69, 9.17) is 4.74 Å². The summed E-state index contributed by atoms with van der Waals surface area (Å²) in [6.45, 7) is 10.8. The normalized spacial score (nSPS) is 18.7. The Labute approximate surface area is 189 Å². The summed E-state index contributed by atoms with van der Waals surface area (Å²) in [5.74, 6) is 0. The van der Waals surface area contributed by atoms with Crippen molar-refractivity contribution in [2.75, 3.05) is 39.1 Å². The first-order chi connectivity index (χ1) is 14.9. The van der Waals surface area contributed by atoms with Gasteiger partial charge >= 0.3 is 6.03 Å². The molecule has 1 aliphatic rings. The molecule has 0 bridgehead atoms. The molecule has 1 aromatic rings. The van der Waals surface area contributed by atoms with Crippen LogP contribution in [0.4, 0.5) is 10.5 Å². The number of likely N-dealkylation sites (N-methyl/N-ethyl adjacent to an activating group) is 1. The van der Waals surface area contributed by atoms with Crippen molar-refractivity contribution in [3.63, 3.8) is 0 Å². The highest BCUT2D eigenvalue weighted by Crippen LogP contribution is 2.26. The number of benzene rings is 1. The molecule has 0 saturated heterocycles. The van der Waals surface area contributed by atoms with Crippen LogP contribution < -0.4 is 5.32 Å². The molecule has 0 aliphatic heterocycles. The average molecular weight is 430 g/mol. The molecule has 1 saturated carbocycles. The van der Waals surface area contributed by atoms with Gasteiger partial charge in [0, 0.05) is 31.9 Å². The number of nitrogens with zero attached hydrogens (tertiary/aromatic N) is 2. The van der Waals surface area contributed by atoms with Gasteiger partial charge in [0.05, 0.1) is 6.10 Å². The summed E-state index contributed by atoms with van der Waals surface area (Å²) >= 11 is 0. The molecule has 0 aromatic heterocycles.